The van der Waals surface area contributed by atoms with Gasteiger partial charge in [-0.3, -0.25) is 9.59 Å². The lowest BCUT2D eigenvalue weighted by molar-refractivity contribution is -0.138. The third-order valence-corrected chi connectivity index (χ3v) is 7.24. The molecule has 1 aliphatic rings. The molecular weight excluding hydrogens is 474 g/mol. The van der Waals surface area contributed by atoms with E-state index >= 15 is 0 Å². The maximum Gasteiger partial charge on any atom is 0.245 e. The summed E-state index contributed by atoms with van der Waals surface area (Å²) >= 11 is 0. The number of nitrogens with zero attached hydrogens (tertiary/aromatic N) is 3. The quantitative estimate of drug-likeness (QED) is 0.388. The molecule has 38 heavy (non-hydrogen) atoms. The predicted octanol–water partition coefficient (Wildman–Crippen LogP) is 4.33. The standard InChI is InChI=1S/C31H35N5O2/c1-31(2,32)30(38)34-26(21-22-11-5-3-6-12-22)29(37)35-19-17-24(18-20-35)36-27-16-10-9-15-25(27)33-28(36)23-13-7-4-8-14-23/h3-16,24,26H,17-21,32H2,1-2H3,(H,34,38)/t26-/m1/s1. The number of carbonyl (C=O) groups excluding carboxylic acids is 2. The zero-order valence-electron chi connectivity index (χ0n) is 22.0. The first-order chi connectivity index (χ1) is 18.3. The van der Waals surface area contributed by atoms with E-state index < -0.39 is 11.6 Å². The molecule has 1 aliphatic heterocycles. The molecule has 1 aromatic heterocycles. The molecule has 0 unspecified atom stereocenters. The molecule has 1 saturated heterocycles. The fraction of sp³-hybridized carbons (Fsp3) is 0.323. The number of nitrogens with one attached hydrogen (secondary N) is 1. The molecule has 4 aromatic rings. The molecule has 7 nitrogen and oxygen atoms in total. The largest absolute Gasteiger partial charge is 0.342 e. The number of hydrogen-bond acceptors (Lipinski definition) is 4. The summed E-state index contributed by atoms with van der Waals surface area (Å²) in [5.74, 6) is 0.554. The molecule has 0 radical (unpaired) electrons. The van der Waals surface area contributed by atoms with Gasteiger partial charge in [-0.2, -0.15) is 0 Å². The second-order valence-corrected chi connectivity index (χ2v) is 10.7. The van der Waals surface area contributed by atoms with Crippen molar-refractivity contribution in [3.8, 4) is 11.4 Å². The number of rotatable bonds is 7. The van der Waals surface area contributed by atoms with E-state index in [2.05, 4.69) is 28.1 Å². The lowest BCUT2D eigenvalue weighted by Crippen LogP contribution is -2.57. The summed E-state index contributed by atoms with van der Waals surface area (Å²) < 4.78 is 2.34. The number of carbonyl (C=O) groups is 2. The van der Waals surface area contributed by atoms with Crippen LogP contribution in [-0.4, -0.2) is 50.9 Å². The molecule has 7 heteroatoms. The summed E-state index contributed by atoms with van der Waals surface area (Å²) in [6, 6.07) is 27.8. The first-order valence-electron chi connectivity index (χ1n) is 13.3. The third kappa shape index (κ3) is 5.48. The molecule has 0 bridgehead atoms. The van der Waals surface area contributed by atoms with Crippen LogP contribution in [0.25, 0.3) is 22.4 Å². The van der Waals surface area contributed by atoms with E-state index in [0.29, 0.717) is 19.5 Å². The van der Waals surface area contributed by atoms with Gasteiger partial charge < -0.3 is 20.5 Å². The fourth-order valence-electron chi connectivity index (χ4n) is 5.16. The molecule has 2 heterocycles. The number of fused-ring (bicyclic) bond motifs is 1. The zero-order chi connectivity index (χ0) is 26.7. The van der Waals surface area contributed by atoms with Crippen LogP contribution in [0.3, 0.4) is 0 Å². The van der Waals surface area contributed by atoms with E-state index in [1.807, 2.05) is 71.6 Å². The van der Waals surface area contributed by atoms with Gasteiger partial charge >= 0.3 is 0 Å². The monoisotopic (exact) mass is 509 g/mol. The van der Waals surface area contributed by atoms with Gasteiger partial charge in [-0.15, -0.1) is 0 Å². The number of aromatic nitrogens is 2. The molecule has 3 N–H and O–H groups in total. The van der Waals surface area contributed by atoms with E-state index in [0.717, 1.165) is 40.8 Å². The van der Waals surface area contributed by atoms with Crippen molar-refractivity contribution in [1.82, 2.24) is 19.8 Å². The minimum atomic E-state index is -1.07. The lowest BCUT2D eigenvalue weighted by atomic mass is 9.99. The molecule has 3 aromatic carbocycles. The van der Waals surface area contributed by atoms with E-state index in [4.69, 9.17) is 10.7 Å². The minimum absolute atomic E-state index is 0.0660. The summed E-state index contributed by atoms with van der Waals surface area (Å²) in [6.45, 7) is 4.52. The second kappa shape index (κ2) is 10.8. The van der Waals surface area contributed by atoms with Crippen LogP contribution in [0.1, 0.15) is 38.3 Å². The summed E-state index contributed by atoms with van der Waals surface area (Å²) in [5.41, 5.74) is 9.12. The number of hydrogen-bond donors (Lipinski definition) is 2. The number of imidazole rings is 1. The maximum atomic E-state index is 13.7. The van der Waals surface area contributed by atoms with Crippen LogP contribution < -0.4 is 11.1 Å². The number of piperidine rings is 1. The minimum Gasteiger partial charge on any atom is -0.342 e. The van der Waals surface area contributed by atoms with Crippen LogP contribution in [0.4, 0.5) is 0 Å². The van der Waals surface area contributed by atoms with Gasteiger partial charge in [-0.1, -0.05) is 72.8 Å². The van der Waals surface area contributed by atoms with Crippen molar-refractivity contribution in [2.75, 3.05) is 13.1 Å². The Balaban J connectivity index is 1.36. The average Bonchev–Trinajstić information content (AvgIpc) is 3.32. The summed E-state index contributed by atoms with van der Waals surface area (Å²) in [7, 11) is 0. The van der Waals surface area contributed by atoms with Crippen LogP contribution in [0.5, 0.6) is 0 Å². The van der Waals surface area contributed by atoms with Crippen molar-refractivity contribution in [3.63, 3.8) is 0 Å². The highest BCUT2D eigenvalue weighted by molar-refractivity contribution is 5.91. The van der Waals surface area contributed by atoms with Crippen molar-refractivity contribution in [3.05, 3.63) is 90.5 Å². The number of nitrogens with two attached hydrogens (primary N) is 1. The highest BCUT2D eigenvalue weighted by Gasteiger charge is 2.33. The highest BCUT2D eigenvalue weighted by atomic mass is 16.2. The van der Waals surface area contributed by atoms with Crippen LogP contribution >= 0.6 is 0 Å². The Morgan fingerprint density at radius 3 is 2.21 bits per heavy atom. The van der Waals surface area contributed by atoms with Gasteiger partial charge in [0.1, 0.15) is 11.9 Å². The second-order valence-electron chi connectivity index (χ2n) is 10.7. The van der Waals surface area contributed by atoms with Crippen molar-refractivity contribution >= 4 is 22.8 Å². The van der Waals surface area contributed by atoms with Crippen molar-refractivity contribution in [1.29, 1.82) is 0 Å². The molecule has 2 amide bonds. The highest BCUT2D eigenvalue weighted by Crippen LogP contribution is 2.33. The Bertz CT molecular complexity index is 1400. The van der Waals surface area contributed by atoms with Gasteiger partial charge in [0.25, 0.3) is 0 Å². The first-order valence-corrected chi connectivity index (χ1v) is 13.3. The smallest absolute Gasteiger partial charge is 0.245 e. The van der Waals surface area contributed by atoms with Gasteiger partial charge in [-0.25, -0.2) is 4.98 Å². The maximum absolute atomic E-state index is 13.7. The van der Waals surface area contributed by atoms with Crippen LogP contribution in [0.15, 0.2) is 84.9 Å². The number of para-hydroxylation sites is 2. The van der Waals surface area contributed by atoms with Crippen molar-refractivity contribution in [2.45, 2.75) is 50.7 Å². The molecule has 0 saturated carbocycles. The molecule has 0 spiro atoms. The molecule has 196 valence electrons. The number of likely N-dealkylation sites (tertiary alicyclic amines) is 1. The van der Waals surface area contributed by atoms with Gasteiger partial charge in [0, 0.05) is 31.1 Å². The summed E-state index contributed by atoms with van der Waals surface area (Å²) in [5, 5.41) is 2.93. The van der Waals surface area contributed by atoms with Gasteiger partial charge in [-0.05, 0) is 44.4 Å². The van der Waals surface area contributed by atoms with Crippen molar-refractivity contribution in [2.24, 2.45) is 5.73 Å². The van der Waals surface area contributed by atoms with Gasteiger partial charge in [0.15, 0.2) is 0 Å². The normalized spacial score (nSPS) is 15.4. The van der Waals surface area contributed by atoms with Crippen LogP contribution in [0, 0.1) is 0 Å². The van der Waals surface area contributed by atoms with Crippen LogP contribution in [-0.2, 0) is 16.0 Å². The topological polar surface area (TPSA) is 93.2 Å². The van der Waals surface area contributed by atoms with Crippen LogP contribution in [0.2, 0.25) is 0 Å². The van der Waals surface area contributed by atoms with E-state index in [1.54, 1.807) is 13.8 Å². The Labute approximate surface area is 223 Å². The van der Waals surface area contributed by atoms with Gasteiger partial charge in [0.05, 0.1) is 16.6 Å². The number of amides is 2. The van der Waals surface area contributed by atoms with E-state index in [-0.39, 0.29) is 17.9 Å². The van der Waals surface area contributed by atoms with Gasteiger partial charge in [0.2, 0.25) is 11.8 Å². The lowest BCUT2D eigenvalue weighted by Gasteiger charge is -2.36. The van der Waals surface area contributed by atoms with E-state index in [1.165, 1.54) is 0 Å². The molecule has 1 atom stereocenters. The molecule has 1 fully saturated rings. The molecular formula is C31H35N5O2. The first kappa shape index (κ1) is 25.7. The van der Waals surface area contributed by atoms with E-state index in [9.17, 15) is 9.59 Å². The SMILES string of the molecule is CC(C)(N)C(=O)N[C@H](Cc1ccccc1)C(=O)N1CCC(n2c(-c3ccccc3)nc3ccccc32)CC1. The summed E-state index contributed by atoms with van der Waals surface area (Å²) in [6.07, 6.45) is 2.03. The van der Waals surface area contributed by atoms with Crippen molar-refractivity contribution < 1.29 is 9.59 Å². The summed E-state index contributed by atoms with van der Waals surface area (Å²) in [4.78, 5) is 33.3. The predicted molar refractivity (Wildman–Crippen MR) is 150 cm³/mol. The third-order valence-electron chi connectivity index (χ3n) is 7.24. The Morgan fingerprint density at radius 2 is 1.55 bits per heavy atom. The average molecular weight is 510 g/mol. The Hall–Kier alpha value is -3.97. The number of benzene rings is 3. The molecule has 5 rings (SSSR count). The molecule has 0 aliphatic carbocycles. The zero-order valence-corrected chi connectivity index (χ0v) is 22.0. The Morgan fingerprint density at radius 1 is 0.947 bits per heavy atom. The fourth-order valence-corrected chi connectivity index (χ4v) is 5.16. The Kier molecular flexibility index (Phi) is 7.29.